The number of nitrogens with zero attached hydrogens (tertiary/aromatic N) is 1. The van der Waals surface area contributed by atoms with E-state index in [0.29, 0.717) is 24.1 Å². The molecular formula is C16H32N2O. The molecule has 2 heterocycles. The zero-order valence-corrected chi connectivity index (χ0v) is 13.4. The lowest BCUT2D eigenvalue weighted by atomic mass is 9.97. The zero-order valence-electron chi connectivity index (χ0n) is 13.4. The molecule has 3 heteroatoms. The summed E-state index contributed by atoms with van der Waals surface area (Å²) in [6.07, 6.45) is 4.09. The van der Waals surface area contributed by atoms with E-state index in [1.807, 2.05) is 0 Å². The topological polar surface area (TPSA) is 24.5 Å². The van der Waals surface area contributed by atoms with Crippen LogP contribution in [0, 0.1) is 5.92 Å². The summed E-state index contributed by atoms with van der Waals surface area (Å²) >= 11 is 0. The van der Waals surface area contributed by atoms with Crippen LogP contribution in [0.25, 0.3) is 0 Å². The minimum Gasteiger partial charge on any atom is -0.371 e. The Hall–Kier alpha value is -0.120. The molecule has 0 bridgehead atoms. The Labute approximate surface area is 119 Å². The number of rotatable bonds is 4. The quantitative estimate of drug-likeness (QED) is 0.848. The summed E-state index contributed by atoms with van der Waals surface area (Å²) in [6.45, 7) is 14.8. The maximum absolute atomic E-state index is 6.18. The second-order valence-electron chi connectivity index (χ2n) is 7.31. The molecule has 2 aliphatic heterocycles. The van der Waals surface area contributed by atoms with Gasteiger partial charge in [0.1, 0.15) is 0 Å². The molecule has 0 aliphatic carbocycles. The van der Waals surface area contributed by atoms with Gasteiger partial charge in [0.25, 0.3) is 0 Å². The predicted molar refractivity (Wildman–Crippen MR) is 80.5 cm³/mol. The van der Waals surface area contributed by atoms with Crippen LogP contribution in [-0.2, 0) is 4.74 Å². The van der Waals surface area contributed by atoms with E-state index < -0.39 is 0 Å². The van der Waals surface area contributed by atoms with E-state index in [-0.39, 0.29) is 5.60 Å². The fourth-order valence-electron chi connectivity index (χ4n) is 3.42. The molecule has 3 unspecified atom stereocenters. The summed E-state index contributed by atoms with van der Waals surface area (Å²) in [5.74, 6) is 0.709. The molecule has 3 nitrogen and oxygen atoms in total. The average Bonchev–Trinajstić information content (AvgIpc) is 2.68. The van der Waals surface area contributed by atoms with Crippen LogP contribution in [0.4, 0.5) is 0 Å². The SMILES string of the molecule is CCC1CNC(C(C)C)CN1CC1CCC(C)(C)O1. The van der Waals surface area contributed by atoms with E-state index in [1.54, 1.807) is 0 Å². The number of ether oxygens (including phenoxy) is 1. The average molecular weight is 268 g/mol. The fraction of sp³-hybridized carbons (Fsp3) is 1.00. The molecule has 0 amide bonds. The summed E-state index contributed by atoms with van der Waals surface area (Å²) in [7, 11) is 0. The lowest BCUT2D eigenvalue weighted by Crippen LogP contribution is -2.59. The van der Waals surface area contributed by atoms with Crippen molar-refractivity contribution in [2.24, 2.45) is 5.92 Å². The molecule has 0 spiro atoms. The Morgan fingerprint density at radius 3 is 2.63 bits per heavy atom. The summed E-state index contributed by atoms with van der Waals surface area (Å²) in [5.41, 5.74) is 0.0951. The molecule has 2 fully saturated rings. The first kappa shape index (κ1) is 15.3. The summed E-state index contributed by atoms with van der Waals surface area (Å²) in [5, 5.41) is 3.71. The molecule has 0 aromatic rings. The van der Waals surface area contributed by atoms with Gasteiger partial charge >= 0.3 is 0 Å². The lowest BCUT2D eigenvalue weighted by molar-refractivity contribution is -0.0399. The van der Waals surface area contributed by atoms with Crippen LogP contribution >= 0.6 is 0 Å². The summed E-state index contributed by atoms with van der Waals surface area (Å²) < 4.78 is 6.18. The maximum atomic E-state index is 6.18. The monoisotopic (exact) mass is 268 g/mol. The Morgan fingerprint density at radius 1 is 1.37 bits per heavy atom. The Balaban J connectivity index is 1.91. The van der Waals surface area contributed by atoms with Crippen molar-refractivity contribution in [2.45, 2.75) is 77.7 Å². The Kier molecular flexibility index (Phi) is 4.91. The first-order chi connectivity index (χ1) is 8.91. The minimum atomic E-state index is 0.0951. The third-order valence-electron chi connectivity index (χ3n) is 4.83. The third kappa shape index (κ3) is 3.93. The van der Waals surface area contributed by atoms with Gasteiger partial charge in [-0.3, -0.25) is 4.90 Å². The highest BCUT2D eigenvalue weighted by molar-refractivity contribution is 4.90. The fourth-order valence-corrected chi connectivity index (χ4v) is 3.42. The van der Waals surface area contributed by atoms with Crippen LogP contribution in [0.2, 0.25) is 0 Å². The molecule has 0 aromatic heterocycles. The van der Waals surface area contributed by atoms with Crippen LogP contribution < -0.4 is 5.32 Å². The Bertz CT molecular complexity index is 290. The zero-order chi connectivity index (χ0) is 14.0. The second-order valence-corrected chi connectivity index (χ2v) is 7.31. The minimum absolute atomic E-state index is 0.0951. The first-order valence-electron chi connectivity index (χ1n) is 8.06. The van der Waals surface area contributed by atoms with Crippen LogP contribution in [0.5, 0.6) is 0 Å². The molecule has 1 N–H and O–H groups in total. The standard InChI is InChI=1S/C16H32N2O/c1-6-13-9-17-15(12(2)3)11-18(13)10-14-7-8-16(4,5)19-14/h12-15,17H,6-11H2,1-5H3. The molecule has 2 rings (SSSR count). The molecule has 112 valence electrons. The molecule has 2 aliphatic rings. The van der Waals surface area contributed by atoms with Crippen molar-refractivity contribution in [3.63, 3.8) is 0 Å². The van der Waals surface area contributed by atoms with Gasteiger partial charge in [0.05, 0.1) is 11.7 Å². The van der Waals surface area contributed by atoms with Gasteiger partial charge in [-0.1, -0.05) is 20.8 Å². The van der Waals surface area contributed by atoms with Crippen LogP contribution in [0.15, 0.2) is 0 Å². The smallest absolute Gasteiger partial charge is 0.0710 e. The van der Waals surface area contributed by atoms with Crippen molar-refractivity contribution in [1.82, 2.24) is 10.2 Å². The number of nitrogens with one attached hydrogen (secondary N) is 1. The molecule has 0 aromatic carbocycles. The lowest BCUT2D eigenvalue weighted by Gasteiger charge is -2.42. The van der Waals surface area contributed by atoms with Crippen molar-refractivity contribution in [1.29, 1.82) is 0 Å². The number of piperazine rings is 1. The van der Waals surface area contributed by atoms with E-state index in [4.69, 9.17) is 4.74 Å². The van der Waals surface area contributed by atoms with Crippen molar-refractivity contribution in [3.8, 4) is 0 Å². The van der Waals surface area contributed by atoms with E-state index in [0.717, 1.165) is 13.1 Å². The Morgan fingerprint density at radius 2 is 2.11 bits per heavy atom. The third-order valence-corrected chi connectivity index (χ3v) is 4.83. The summed E-state index contributed by atoms with van der Waals surface area (Å²) in [4.78, 5) is 2.67. The van der Waals surface area contributed by atoms with Crippen LogP contribution in [-0.4, -0.2) is 48.3 Å². The molecule has 0 saturated carbocycles. The number of hydrogen-bond donors (Lipinski definition) is 1. The van der Waals surface area contributed by atoms with E-state index in [2.05, 4.69) is 44.8 Å². The van der Waals surface area contributed by atoms with Gasteiger partial charge in [0.15, 0.2) is 0 Å². The summed E-state index contributed by atoms with van der Waals surface area (Å²) in [6, 6.07) is 1.32. The van der Waals surface area contributed by atoms with Gasteiger partial charge in [0, 0.05) is 31.7 Å². The van der Waals surface area contributed by atoms with Gasteiger partial charge in [-0.05, 0) is 39.0 Å². The van der Waals surface area contributed by atoms with Crippen molar-refractivity contribution < 1.29 is 4.74 Å². The van der Waals surface area contributed by atoms with E-state index >= 15 is 0 Å². The van der Waals surface area contributed by atoms with Gasteiger partial charge in [-0.2, -0.15) is 0 Å². The molecule has 2 saturated heterocycles. The normalized spacial score (nSPS) is 36.0. The van der Waals surface area contributed by atoms with E-state index in [9.17, 15) is 0 Å². The van der Waals surface area contributed by atoms with Gasteiger partial charge in [-0.15, -0.1) is 0 Å². The van der Waals surface area contributed by atoms with Crippen molar-refractivity contribution in [3.05, 3.63) is 0 Å². The molecule has 0 radical (unpaired) electrons. The highest BCUT2D eigenvalue weighted by Gasteiger charge is 2.35. The van der Waals surface area contributed by atoms with Crippen molar-refractivity contribution >= 4 is 0 Å². The van der Waals surface area contributed by atoms with E-state index in [1.165, 1.54) is 25.8 Å². The van der Waals surface area contributed by atoms with Gasteiger partial charge in [-0.25, -0.2) is 0 Å². The van der Waals surface area contributed by atoms with Gasteiger partial charge in [0.2, 0.25) is 0 Å². The number of hydrogen-bond acceptors (Lipinski definition) is 3. The van der Waals surface area contributed by atoms with Crippen molar-refractivity contribution in [2.75, 3.05) is 19.6 Å². The molecular weight excluding hydrogens is 236 g/mol. The van der Waals surface area contributed by atoms with Crippen LogP contribution in [0.1, 0.15) is 53.9 Å². The van der Waals surface area contributed by atoms with Crippen LogP contribution in [0.3, 0.4) is 0 Å². The van der Waals surface area contributed by atoms with Gasteiger partial charge < -0.3 is 10.1 Å². The molecule has 19 heavy (non-hydrogen) atoms. The first-order valence-corrected chi connectivity index (χ1v) is 8.06. The predicted octanol–water partition coefficient (Wildman–Crippen LogP) is 2.65. The highest BCUT2D eigenvalue weighted by Crippen LogP contribution is 2.30. The highest BCUT2D eigenvalue weighted by atomic mass is 16.5. The largest absolute Gasteiger partial charge is 0.371 e. The maximum Gasteiger partial charge on any atom is 0.0710 e. The molecule has 3 atom stereocenters. The second kappa shape index (κ2) is 6.11.